The van der Waals surface area contributed by atoms with Gasteiger partial charge >= 0.3 is 0 Å². The SMILES string of the molecule is CCc1occc1C(=O)N1CC(CO)OC(C)(C)C1. The van der Waals surface area contributed by atoms with E-state index in [1.54, 1.807) is 17.2 Å². The zero-order valence-electron chi connectivity index (χ0n) is 11.7. The molecule has 1 aromatic rings. The maximum atomic E-state index is 12.5. The lowest BCUT2D eigenvalue weighted by Gasteiger charge is -2.42. The van der Waals surface area contributed by atoms with Crippen molar-refractivity contribution < 1.29 is 19.1 Å². The quantitative estimate of drug-likeness (QED) is 0.900. The summed E-state index contributed by atoms with van der Waals surface area (Å²) in [5.74, 6) is 0.648. The number of aliphatic hydroxyl groups excluding tert-OH is 1. The molecular weight excluding hydrogens is 246 g/mol. The Hall–Kier alpha value is -1.33. The standard InChI is InChI=1S/C14H21NO4/c1-4-12-11(5-6-18-12)13(17)15-7-10(8-16)19-14(2,3)9-15/h5-6,10,16H,4,7-9H2,1-3H3. The van der Waals surface area contributed by atoms with E-state index >= 15 is 0 Å². The van der Waals surface area contributed by atoms with E-state index in [2.05, 4.69) is 0 Å². The lowest BCUT2D eigenvalue weighted by Crippen LogP contribution is -2.55. The number of carbonyl (C=O) groups excluding carboxylic acids is 1. The normalized spacial score (nSPS) is 22.5. The second kappa shape index (κ2) is 5.35. The van der Waals surface area contributed by atoms with Crippen LogP contribution in [0.3, 0.4) is 0 Å². The molecule has 2 heterocycles. The Morgan fingerprint density at radius 1 is 1.58 bits per heavy atom. The highest BCUT2D eigenvalue weighted by atomic mass is 16.5. The molecule has 0 aromatic carbocycles. The van der Waals surface area contributed by atoms with Crippen LogP contribution in [-0.4, -0.2) is 47.3 Å². The van der Waals surface area contributed by atoms with E-state index in [0.29, 0.717) is 30.8 Å². The molecule has 1 atom stereocenters. The predicted molar refractivity (Wildman–Crippen MR) is 70.0 cm³/mol. The molecule has 1 saturated heterocycles. The molecule has 0 bridgehead atoms. The maximum absolute atomic E-state index is 12.5. The summed E-state index contributed by atoms with van der Waals surface area (Å²) in [4.78, 5) is 14.2. The van der Waals surface area contributed by atoms with E-state index in [1.165, 1.54) is 0 Å². The van der Waals surface area contributed by atoms with Crippen molar-refractivity contribution in [3.63, 3.8) is 0 Å². The number of ether oxygens (including phenoxy) is 1. The number of furan rings is 1. The zero-order valence-corrected chi connectivity index (χ0v) is 11.7. The largest absolute Gasteiger partial charge is 0.469 e. The van der Waals surface area contributed by atoms with Gasteiger partial charge in [-0.25, -0.2) is 0 Å². The Balaban J connectivity index is 2.18. The van der Waals surface area contributed by atoms with Gasteiger partial charge in [0.1, 0.15) is 5.76 Å². The molecule has 2 rings (SSSR count). The molecule has 0 radical (unpaired) electrons. The van der Waals surface area contributed by atoms with Crippen LogP contribution >= 0.6 is 0 Å². The van der Waals surface area contributed by atoms with Crippen LogP contribution in [0.1, 0.15) is 36.9 Å². The topological polar surface area (TPSA) is 62.9 Å². The van der Waals surface area contributed by atoms with Crippen LogP contribution in [0.25, 0.3) is 0 Å². The summed E-state index contributed by atoms with van der Waals surface area (Å²) in [6.07, 6.45) is 1.90. The number of carbonyl (C=O) groups is 1. The maximum Gasteiger partial charge on any atom is 0.257 e. The molecule has 5 nitrogen and oxygen atoms in total. The lowest BCUT2D eigenvalue weighted by molar-refractivity contribution is -0.139. The van der Waals surface area contributed by atoms with Gasteiger partial charge in [0.25, 0.3) is 5.91 Å². The molecule has 1 unspecified atom stereocenters. The number of aliphatic hydroxyl groups is 1. The van der Waals surface area contributed by atoms with Crippen molar-refractivity contribution in [3.8, 4) is 0 Å². The van der Waals surface area contributed by atoms with E-state index in [0.717, 1.165) is 0 Å². The number of aryl methyl sites for hydroxylation is 1. The summed E-state index contributed by atoms with van der Waals surface area (Å²) in [5, 5.41) is 9.27. The Kier molecular flexibility index (Phi) is 3.96. The van der Waals surface area contributed by atoms with Crippen LogP contribution in [0.15, 0.2) is 16.7 Å². The fourth-order valence-corrected chi connectivity index (χ4v) is 2.52. The van der Waals surface area contributed by atoms with Crippen molar-refractivity contribution in [2.45, 2.75) is 38.9 Å². The highest BCUT2D eigenvalue weighted by Crippen LogP contribution is 2.23. The van der Waals surface area contributed by atoms with E-state index < -0.39 is 5.60 Å². The first-order chi connectivity index (χ1) is 8.96. The number of rotatable bonds is 3. The Labute approximate surface area is 113 Å². The number of morpholine rings is 1. The summed E-state index contributed by atoms with van der Waals surface area (Å²) in [7, 11) is 0. The van der Waals surface area contributed by atoms with Crippen LogP contribution < -0.4 is 0 Å². The van der Waals surface area contributed by atoms with Crippen LogP contribution in [-0.2, 0) is 11.2 Å². The number of hydrogen-bond donors (Lipinski definition) is 1. The van der Waals surface area contributed by atoms with Crippen molar-refractivity contribution in [1.29, 1.82) is 0 Å². The second-order valence-electron chi connectivity index (χ2n) is 5.48. The van der Waals surface area contributed by atoms with E-state index in [4.69, 9.17) is 9.15 Å². The molecule has 1 N–H and O–H groups in total. The third kappa shape index (κ3) is 2.98. The van der Waals surface area contributed by atoms with Gasteiger partial charge in [-0.2, -0.15) is 0 Å². The van der Waals surface area contributed by atoms with Crippen molar-refractivity contribution in [2.24, 2.45) is 0 Å². The molecule has 1 aromatic heterocycles. The number of nitrogens with zero attached hydrogens (tertiary/aromatic N) is 1. The van der Waals surface area contributed by atoms with Gasteiger partial charge in [0.05, 0.1) is 30.1 Å². The van der Waals surface area contributed by atoms with Gasteiger partial charge in [-0.3, -0.25) is 4.79 Å². The van der Waals surface area contributed by atoms with Gasteiger partial charge < -0.3 is 19.2 Å². The van der Waals surface area contributed by atoms with Crippen LogP contribution in [0.5, 0.6) is 0 Å². The minimum Gasteiger partial charge on any atom is -0.469 e. The molecule has 0 aliphatic carbocycles. The molecule has 1 aliphatic heterocycles. The van der Waals surface area contributed by atoms with E-state index in [-0.39, 0.29) is 18.6 Å². The highest BCUT2D eigenvalue weighted by molar-refractivity contribution is 5.95. The second-order valence-corrected chi connectivity index (χ2v) is 5.48. The summed E-state index contributed by atoms with van der Waals surface area (Å²) >= 11 is 0. The van der Waals surface area contributed by atoms with Crippen molar-refractivity contribution in [3.05, 3.63) is 23.7 Å². The van der Waals surface area contributed by atoms with Gasteiger partial charge in [0.2, 0.25) is 0 Å². The third-order valence-corrected chi connectivity index (χ3v) is 3.27. The van der Waals surface area contributed by atoms with Crippen LogP contribution in [0.4, 0.5) is 0 Å². The molecule has 1 amide bonds. The lowest BCUT2D eigenvalue weighted by atomic mass is 10.0. The minimum absolute atomic E-state index is 0.0552. The summed E-state index contributed by atoms with van der Waals surface area (Å²) < 4.78 is 11.0. The van der Waals surface area contributed by atoms with Crippen LogP contribution in [0, 0.1) is 0 Å². The van der Waals surface area contributed by atoms with Gasteiger partial charge in [0.15, 0.2) is 0 Å². The zero-order chi connectivity index (χ0) is 14.0. The van der Waals surface area contributed by atoms with Crippen LogP contribution in [0.2, 0.25) is 0 Å². The fraction of sp³-hybridized carbons (Fsp3) is 0.643. The number of amides is 1. The molecule has 5 heteroatoms. The van der Waals surface area contributed by atoms with Crippen molar-refractivity contribution >= 4 is 5.91 Å². The highest BCUT2D eigenvalue weighted by Gasteiger charge is 2.36. The van der Waals surface area contributed by atoms with E-state index in [9.17, 15) is 9.90 Å². The monoisotopic (exact) mass is 267 g/mol. The smallest absolute Gasteiger partial charge is 0.257 e. The van der Waals surface area contributed by atoms with Gasteiger partial charge in [0, 0.05) is 19.5 Å². The van der Waals surface area contributed by atoms with Crippen molar-refractivity contribution in [2.75, 3.05) is 19.7 Å². The first-order valence-corrected chi connectivity index (χ1v) is 6.61. The predicted octanol–water partition coefficient (Wildman–Crippen LogP) is 1.45. The average Bonchev–Trinajstić information content (AvgIpc) is 2.84. The van der Waals surface area contributed by atoms with E-state index in [1.807, 2.05) is 20.8 Å². The minimum atomic E-state index is -0.447. The molecule has 1 fully saturated rings. The number of hydrogen-bond acceptors (Lipinski definition) is 4. The molecular formula is C14H21NO4. The summed E-state index contributed by atoms with van der Waals surface area (Å²) in [6.45, 7) is 6.63. The Bertz CT molecular complexity index is 452. The first kappa shape index (κ1) is 14.1. The third-order valence-electron chi connectivity index (χ3n) is 3.27. The molecule has 19 heavy (non-hydrogen) atoms. The first-order valence-electron chi connectivity index (χ1n) is 6.61. The summed E-state index contributed by atoms with van der Waals surface area (Å²) in [6, 6.07) is 1.71. The molecule has 0 spiro atoms. The molecule has 1 aliphatic rings. The fourth-order valence-electron chi connectivity index (χ4n) is 2.52. The van der Waals surface area contributed by atoms with Gasteiger partial charge in [-0.1, -0.05) is 6.92 Å². The Morgan fingerprint density at radius 3 is 2.95 bits per heavy atom. The van der Waals surface area contributed by atoms with Gasteiger partial charge in [-0.15, -0.1) is 0 Å². The van der Waals surface area contributed by atoms with Crippen molar-refractivity contribution in [1.82, 2.24) is 4.90 Å². The average molecular weight is 267 g/mol. The Morgan fingerprint density at radius 2 is 2.32 bits per heavy atom. The van der Waals surface area contributed by atoms with Gasteiger partial charge in [-0.05, 0) is 19.9 Å². The summed E-state index contributed by atoms with van der Waals surface area (Å²) in [5.41, 5.74) is 0.161. The molecule has 106 valence electrons. The molecule has 0 saturated carbocycles.